The SMILES string of the molecule is C=CCNC1=C(C(=S)S)CCC1. The first-order valence-corrected chi connectivity index (χ1v) is 4.91. The number of thiocarbonyl (C=S) groups is 1. The van der Waals surface area contributed by atoms with Gasteiger partial charge < -0.3 is 5.32 Å². The van der Waals surface area contributed by atoms with Gasteiger partial charge in [-0.3, -0.25) is 0 Å². The average Bonchev–Trinajstić information content (AvgIpc) is 2.48. The van der Waals surface area contributed by atoms with Gasteiger partial charge in [-0.2, -0.15) is 0 Å². The van der Waals surface area contributed by atoms with Crippen molar-refractivity contribution in [1.29, 1.82) is 0 Å². The number of allylic oxidation sites excluding steroid dienone is 1. The summed E-state index contributed by atoms with van der Waals surface area (Å²) in [5.41, 5.74) is 2.48. The lowest BCUT2D eigenvalue weighted by molar-refractivity contribution is 0.815. The Morgan fingerprint density at radius 2 is 2.42 bits per heavy atom. The highest BCUT2D eigenvalue weighted by Crippen LogP contribution is 2.26. The van der Waals surface area contributed by atoms with E-state index in [1.165, 1.54) is 17.7 Å². The summed E-state index contributed by atoms with van der Waals surface area (Å²) in [5.74, 6) is 0. The second kappa shape index (κ2) is 4.67. The number of hydrogen-bond acceptors (Lipinski definition) is 2. The summed E-state index contributed by atoms with van der Waals surface area (Å²) in [7, 11) is 0. The molecule has 1 rings (SSSR count). The van der Waals surface area contributed by atoms with E-state index in [4.69, 9.17) is 12.2 Å². The molecule has 0 saturated carbocycles. The molecule has 0 spiro atoms. The van der Waals surface area contributed by atoms with Crippen LogP contribution in [-0.4, -0.2) is 10.7 Å². The quantitative estimate of drug-likeness (QED) is 0.410. The zero-order chi connectivity index (χ0) is 8.97. The average molecular weight is 199 g/mol. The Hall–Kier alpha value is -0.280. The van der Waals surface area contributed by atoms with E-state index >= 15 is 0 Å². The molecule has 0 atom stereocenters. The molecule has 0 aromatic heterocycles. The van der Waals surface area contributed by atoms with Crippen LogP contribution in [0.3, 0.4) is 0 Å². The van der Waals surface area contributed by atoms with Crippen molar-refractivity contribution in [3.05, 3.63) is 23.9 Å². The van der Waals surface area contributed by atoms with E-state index in [-0.39, 0.29) is 0 Å². The van der Waals surface area contributed by atoms with Gasteiger partial charge in [0.15, 0.2) is 0 Å². The lowest BCUT2D eigenvalue weighted by atomic mass is 10.2. The summed E-state index contributed by atoms with van der Waals surface area (Å²) < 4.78 is 0.735. The van der Waals surface area contributed by atoms with Gasteiger partial charge in [-0.15, -0.1) is 19.2 Å². The molecule has 12 heavy (non-hydrogen) atoms. The van der Waals surface area contributed by atoms with E-state index in [0.717, 1.165) is 23.6 Å². The molecular weight excluding hydrogens is 186 g/mol. The van der Waals surface area contributed by atoms with Crippen molar-refractivity contribution in [2.75, 3.05) is 6.54 Å². The van der Waals surface area contributed by atoms with Crippen molar-refractivity contribution in [3.8, 4) is 0 Å². The van der Waals surface area contributed by atoms with Crippen LogP contribution in [0.5, 0.6) is 0 Å². The van der Waals surface area contributed by atoms with Crippen molar-refractivity contribution in [2.45, 2.75) is 19.3 Å². The molecule has 0 amide bonds. The summed E-state index contributed by atoms with van der Waals surface area (Å²) in [5, 5.41) is 3.29. The highest BCUT2D eigenvalue weighted by atomic mass is 32.1. The summed E-state index contributed by atoms with van der Waals surface area (Å²) in [4.78, 5) is 0. The number of rotatable bonds is 4. The van der Waals surface area contributed by atoms with Crippen molar-refractivity contribution in [3.63, 3.8) is 0 Å². The first-order valence-electron chi connectivity index (χ1n) is 4.05. The fourth-order valence-corrected chi connectivity index (χ4v) is 1.84. The molecular formula is C9H13NS2. The zero-order valence-electron chi connectivity index (χ0n) is 6.97. The minimum Gasteiger partial charge on any atom is -0.385 e. The van der Waals surface area contributed by atoms with E-state index in [2.05, 4.69) is 24.5 Å². The molecule has 0 aromatic carbocycles. The van der Waals surface area contributed by atoms with Crippen LogP contribution >= 0.6 is 24.8 Å². The third-order valence-corrected chi connectivity index (χ3v) is 2.45. The summed E-state index contributed by atoms with van der Waals surface area (Å²) >= 11 is 9.21. The smallest absolute Gasteiger partial charge is 0.0724 e. The summed E-state index contributed by atoms with van der Waals surface area (Å²) in [6, 6.07) is 0. The molecule has 3 heteroatoms. The molecule has 0 aliphatic heterocycles. The van der Waals surface area contributed by atoms with Gasteiger partial charge in [-0.05, 0) is 24.8 Å². The second-order valence-corrected chi connectivity index (χ2v) is 3.94. The van der Waals surface area contributed by atoms with E-state index in [9.17, 15) is 0 Å². The Labute approximate surface area is 84.3 Å². The molecule has 1 aliphatic rings. The van der Waals surface area contributed by atoms with Gasteiger partial charge >= 0.3 is 0 Å². The van der Waals surface area contributed by atoms with E-state index in [1.54, 1.807) is 0 Å². The van der Waals surface area contributed by atoms with Crippen LogP contribution in [0.2, 0.25) is 0 Å². The minimum atomic E-state index is 0.735. The molecule has 1 aliphatic carbocycles. The van der Waals surface area contributed by atoms with Crippen molar-refractivity contribution in [2.24, 2.45) is 0 Å². The Bertz CT molecular complexity index is 231. The predicted octanol–water partition coefficient (Wildman–Crippen LogP) is 2.46. The summed E-state index contributed by atoms with van der Waals surface area (Å²) in [6.45, 7) is 4.47. The van der Waals surface area contributed by atoms with Crippen LogP contribution in [0, 0.1) is 0 Å². The zero-order valence-corrected chi connectivity index (χ0v) is 8.68. The first-order chi connectivity index (χ1) is 5.75. The van der Waals surface area contributed by atoms with Gasteiger partial charge in [0.2, 0.25) is 0 Å². The fraction of sp³-hybridized carbons (Fsp3) is 0.444. The van der Waals surface area contributed by atoms with E-state index < -0.39 is 0 Å². The molecule has 0 unspecified atom stereocenters. The Morgan fingerprint density at radius 3 is 3.00 bits per heavy atom. The third kappa shape index (κ3) is 2.35. The van der Waals surface area contributed by atoms with Crippen molar-refractivity contribution < 1.29 is 0 Å². The van der Waals surface area contributed by atoms with Crippen LogP contribution in [0.4, 0.5) is 0 Å². The Morgan fingerprint density at radius 1 is 1.67 bits per heavy atom. The maximum atomic E-state index is 5.02. The molecule has 0 fully saturated rings. The number of nitrogens with one attached hydrogen (secondary N) is 1. The molecule has 1 nitrogen and oxygen atoms in total. The van der Waals surface area contributed by atoms with Gasteiger partial charge in [-0.1, -0.05) is 18.3 Å². The van der Waals surface area contributed by atoms with Crippen LogP contribution < -0.4 is 5.32 Å². The van der Waals surface area contributed by atoms with Gasteiger partial charge in [0.25, 0.3) is 0 Å². The second-order valence-electron chi connectivity index (χ2n) is 2.79. The van der Waals surface area contributed by atoms with Crippen LogP contribution in [0.1, 0.15) is 19.3 Å². The maximum absolute atomic E-state index is 5.02. The van der Waals surface area contributed by atoms with Gasteiger partial charge in [0.05, 0.1) is 4.20 Å². The predicted molar refractivity (Wildman–Crippen MR) is 60.7 cm³/mol. The van der Waals surface area contributed by atoms with Crippen molar-refractivity contribution in [1.82, 2.24) is 5.32 Å². The monoisotopic (exact) mass is 199 g/mol. The lowest BCUT2D eigenvalue weighted by Gasteiger charge is -2.06. The normalized spacial score (nSPS) is 16.4. The molecule has 0 heterocycles. The number of thiol groups is 1. The molecule has 1 N–H and O–H groups in total. The third-order valence-electron chi connectivity index (χ3n) is 1.94. The largest absolute Gasteiger partial charge is 0.385 e. The molecule has 0 saturated heterocycles. The Balaban J connectivity index is 2.63. The fourth-order valence-electron chi connectivity index (χ4n) is 1.37. The van der Waals surface area contributed by atoms with E-state index in [1.807, 2.05) is 6.08 Å². The maximum Gasteiger partial charge on any atom is 0.0724 e. The lowest BCUT2D eigenvalue weighted by Crippen LogP contribution is -2.13. The molecule has 0 aromatic rings. The van der Waals surface area contributed by atoms with Gasteiger partial charge in [0.1, 0.15) is 0 Å². The molecule has 0 radical (unpaired) electrons. The highest BCUT2D eigenvalue weighted by Gasteiger charge is 2.15. The van der Waals surface area contributed by atoms with Crippen LogP contribution in [-0.2, 0) is 0 Å². The van der Waals surface area contributed by atoms with E-state index in [0.29, 0.717) is 0 Å². The van der Waals surface area contributed by atoms with Crippen molar-refractivity contribution >= 4 is 29.0 Å². The minimum absolute atomic E-state index is 0.735. The Kier molecular flexibility index (Phi) is 3.82. The highest BCUT2D eigenvalue weighted by molar-refractivity contribution is 8.11. The first kappa shape index (κ1) is 9.81. The van der Waals surface area contributed by atoms with Crippen LogP contribution in [0.15, 0.2) is 23.9 Å². The van der Waals surface area contributed by atoms with Gasteiger partial charge in [0, 0.05) is 12.2 Å². The van der Waals surface area contributed by atoms with Gasteiger partial charge in [-0.25, -0.2) is 0 Å². The number of hydrogen-bond donors (Lipinski definition) is 2. The standard InChI is InChI=1S/C9H13NS2/c1-2-6-10-8-5-3-4-7(8)9(11)12/h2,10H,1,3-6H2,(H,11,12). The molecule has 66 valence electrons. The summed E-state index contributed by atoms with van der Waals surface area (Å²) in [6.07, 6.45) is 5.21. The topological polar surface area (TPSA) is 12.0 Å². The van der Waals surface area contributed by atoms with Crippen LogP contribution in [0.25, 0.3) is 0 Å². The molecule has 0 bridgehead atoms.